The summed E-state index contributed by atoms with van der Waals surface area (Å²) in [7, 11) is -5.05. The van der Waals surface area contributed by atoms with E-state index in [1.54, 1.807) is 0 Å². The first-order valence-electron chi connectivity index (χ1n) is 20.9. The first-order valence-corrected chi connectivity index (χ1v) is 22.3. The maximum atomic E-state index is 12.8. The van der Waals surface area contributed by atoms with E-state index in [0.717, 1.165) is 44.9 Å². The fourth-order valence-electron chi connectivity index (χ4n) is 6.43. The van der Waals surface area contributed by atoms with E-state index in [0.29, 0.717) is 13.0 Å². The molecule has 6 atom stereocenters. The lowest BCUT2D eigenvalue weighted by molar-refractivity contribution is -0.301. The number of aliphatic hydroxyl groups excluding tert-OH is 3. The molecular formula is C40H76O12S. The Balaban J connectivity index is 2.47. The van der Waals surface area contributed by atoms with E-state index in [1.165, 1.54) is 103 Å². The summed E-state index contributed by atoms with van der Waals surface area (Å²) in [6, 6.07) is 0. The molecule has 314 valence electrons. The van der Waals surface area contributed by atoms with Gasteiger partial charge in [0.25, 0.3) is 0 Å². The number of aliphatic hydroxyl groups is 3. The molecule has 0 aromatic rings. The molecular weight excluding hydrogens is 704 g/mol. The average Bonchev–Trinajstić information content (AvgIpc) is 3.12. The van der Waals surface area contributed by atoms with Gasteiger partial charge in [0.1, 0.15) is 30.5 Å². The van der Waals surface area contributed by atoms with Gasteiger partial charge in [-0.15, -0.1) is 0 Å². The smallest absolute Gasteiger partial charge is 0.397 e. The molecule has 0 saturated carbocycles. The van der Waals surface area contributed by atoms with Crippen molar-refractivity contribution in [3.05, 3.63) is 12.2 Å². The maximum absolute atomic E-state index is 12.8. The molecule has 6 unspecified atom stereocenters. The lowest BCUT2D eigenvalue weighted by atomic mass is 9.99. The molecule has 1 saturated heterocycles. The van der Waals surface area contributed by atoms with Crippen molar-refractivity contribution in [1.82, 2.24) is 0 Å². The van der Waals surface area contributed by atoms with Crippen LogP contribution in [0.1, 0.15) is 174 Å². The molecule has 53 heavy (non-hydrogen) atoms. The van der Waals surface area contributed by atoms with Gasteiger partial charge < -0.3 is 34.3 Å². The third-order valence-corrected chi connectivity index (χ3v) is 10.1. The summed E-state index contributed by atoms with van der Waals surface area (Å²) in [4.78, 5) is 12.8. The van der Waals surface area contributed by atoms with Crippen molar-refractivity contribution in [2.45, 2.75) is 211 Å². The lowest BCUT2D eigenvalue weighted by Crippen LogP contribution is -2.60. The number of unbranched alkanes of at least 4 members (excludes halogenated alkanes) is 21. The van der Waals surface area contributed by atoms with Gasteiger partial charge in [0.2, 0.25) is 0 Å². The molecule has 0 radical (unpaired) electrons. The van der Waals surface area contributed by atoms with Crippen molar-refractivity contribution >= 4 is 16.4 Å². The van der Waals surface area contributed by atoms with Crippen molar-refractivity contribution in [3.8, 4) is 0 Å². The van der Waals surface area contributed by atoms with Crippen LogP contribution in [0.15, 0.2) is 12.2 Å². The van der Waals surface area contributed by atoms with E-state index < -0.39 is 59.8 Å². The number of hydrogen-bond donors (Lipinski definition) is 4. The summed E-state index contributed by atoms with van der Waals surface area (Å²) < 4.78 is 58.9. The van der Waals surface area contributed by atoms with Crippen LogP contribution in [0.4, 0.5) is 0 Å². The fraction of sp³-hybridized carbons (Fsp3) is 0.925. The van der Waals surface area contributed by atoms with Crippen LogP contribution in [0, 0.1) is 0 Å². The number of allylic oxidation sites excluding steroid dienone is 2. The molecule has 13 heteroatoms. The number of carbonyl (C=O) groups is 1. The average molecular weight is 781 g/mol. The summed E-state index contributed by atoms with van der Waals surface area (Å²) in [6.45, 7) is 3.96. The van der Waals surface area contributed by atoms with E-state index in [2.05, 4.69) is 30.2 Å². The third kappa shape index (κ3) is 27.1. The van der Waals surface area contributed by atoms with Gasteiger partial charge in [-0.25, -0.2) is 4.18 Å². The quantitative estimate of drug-likeness (QED) is 0.0209. The van der Waals surface area contributed by atoms with Gasteiger partial charge in [0.05, 0.1) is 19.8 Å². The van der Waals surface area contributed by atoms with Gasteiger partial charge in [-0.2, -0.15) is 8.42 Å². The van der Waals surface area contributed by atoms with Crippen LogP contribution in [0.5, 0.6) is 0 Å². The number of esters is 1. The second kappa shape index (κ2) is 33.0. The second-order valence-electron chi connectivity index (χ2n) is 14.6. The summed E-state index contributed by atoms with van der Waals surface area (Å²) in [5.41, 5.74) is 0. The monoisotopic (exact) mass is 781 g/mol. The normalized spacial score (nSPS) is 21.4. The Hall–Kier alpha value is -1.16. The Bertz CT molecular complexity index is 994. The van der Waals surface area contributed by atoms with Crippen LogP contribution in [-0.2, 0) is 38.3 Å². The summed E-state index contributed by atoms with van der Waals surface area (Å²) in [5, 5.41) is 30.6. The van der Waals surface area contributed by atoms with Gasteiger partial charge in [-0.3, -0.25) is 9.35 Å². The van der Waals surface area contributed by atoms with E-state index in [-0.39, 0.29) is 19.6 Å². The van der Waals surface area contributed by atoms with E-state index >= 15 is 0 Å². The van der Waals surface area contributed by atoms with E-state index in [4.69, 9.17) is 23.5 Å². The van der Waals surface area contributed by atoms with Crippen LogP contribution in [-0.4, -0.2) is 97.5 Å². The minimum Gasteiger partial charge on any atom is -0.457 e. The number of hydrogen-bond acceptors (Lipinski definition) is 11. The zero-order valence-electron chi connectivity index (χ0n) is 33.1. The molecule has 0 aromatic carbocycles. The van der Waals surface area contributed by atoms with Crippen molar-refractivity contribution in [2.24, 2.45) is 0 Å². The van der Waals surface area contributed by atoms with Crippen LogP contribution in [0.25, 0.3) is 0 Å². The van der Waals surface area contributed by atoms with Crippen LogP contribution in [0.3, 0.4) is 0 Å². The standard InChI is InChI=1S/C40H76O12S/c1-3-5-7-9-11-13-15-17-18-20-22-24-26-28-30-48-32-34(50-36(42)29-27-25-23-21-19-16-14-12-10-8-6-4-2)33-49-40-38(44)39(52-53(45,46)47)37(43)35(31-41)51-40/h13,15,34-35,37-41,43-44H,3-12,14,16-33H2,1-2H3,(H,45,46,47)/b15-13-. The van der Waals surface area contributed by atoms with Gasteiger partial charge in [0, 0.05) is 13.0 Å². The molecule has 1 rings (SSSR count). The molecule has 1 heterocycles. The highest BCUT2D eigenvalue weighted by Crippen LogP contribution is 2.26. The molecule has 1 aliphatic heterocycles. The molecule has 0 spiro atoms. The first kappa shape index (κ1) is 49.9. The topological polar surface area (TPSA) is 178 Å². The van der Waals surface area contributed by atoms with Crippen molar-refractivity contribution in [1.29, 1.82) is 0 Å². The molecule has 12 nitrogen and oxygen atoms in total. The lowest BCUT2D eigenvalue weighted by Gasteiger charge is -2.41. The number of rotatable bonds is 36. The minimum absolute atomic E-state index is 0.0365. The Morgan fingerprint density at radius 3 is 1.72 bits per heavy atom. The molecule has 1 fully saturated rings. The highest BCUT2D eigenvalue weighted by Gasteiger charge is 2.48. The van der Waals surface area contributed by atoms with E-state index in [9.17, 15) is 28.5 Å². The number of carbonyl (C=O) groups excluding carboxylic acids is 1. The van der Waals surface area contributed by atoms with Gasteiger partial charge >= 0.3 is 16.4 Å². The second-order valence-corrected chi connectivity index (χ2v) is 15.6. The van der Waals surface area contributed by atoms with Crippen LogP contribution in [0.2, 0.25) is 0 Å². The predicted molar refractivity (Wildman–Crippen MR) is 207 cm³/mol. The van der Waals surface area contributed by atoms with E-state index in [1.807, 2.05) is 0 Å². The molecule has 0 aromatic heterocycles. The molecule has 0 bridgehead atoms. The highest BCUT2D eigenvalue weighted by atomic mass is 32.3. The zero-order chi connectivity index (χ0) is 39.0. The highest BCUT2D eigenvalue weighted by molar-refractivity contribution is 7.80. The molecule has 0 aliphatic carbocycles. The predicted octanol–water partition coefficient (Wildman–Crippen LogP) is 7.91. The van der Waals surface area contributed by atoms with Crippen molar-refractivity contribution < 1.29 is 56.2 Å². The SMILES string of the molecule is CCCCCC/C=C\CCCCCCCCOCC(COC1OC(CO)C(O)C(OS(=O)(=O)O)C1O)OC(=O)CCCCCCCCCCCCCC. The summed E-state index contributed by atoms with van der Waals surface area (Å²) in [6.07, 6.45) is 23.9. The van der Waals surface area contributed by atoms with Crippen LogP contribution >= 0.6 is 0 Å². The first-order chi connectivity index (χ1) is 25.6. The zero-order valence-corrected chi connectivity index (χ0v) is 33.9. The largest absolute Gasteiger partial charge is 0.457 e. The van der Waals surface area contributed by atoms with Crippen molar-refractivity contribution in [2.75, 3.05) is 26.4 Å². The maximum Gasteiger partial charge on any atom is 0.397 e. The third-order valence-electron chi connectivity index (χ3n) is 9.64. The number of ether oxygens (including phenoxy) is 4. The Morgan fingerprint density at radius 1 is 0.698 bits per heavy atom. The minimum atomic E-state index is -5.05. The molecule has 4 N–H and O–H groups in total. The van der Waals surface area contributed by atoms with Gasteiger partial charge in [-0.1, -0.05) is 142 Å². The summed E-state index contributed by atoms with van der Waals surface area (Å²) >= 11 is 0. The Kier molecular flexibility index (Phi) is 31.1. The molecule has 1 aliphatic rings. The van der Waals surface area contributed by atoms with Gasteiger partial charge in [-0.05, 0) is 38.5 Å². The fourth-order valence-corrected chi connectivity index (χ4v) is 6.94. The van der Waals surface area contributed by atoms with Gasteiger partial charge in [0.15, 0.2) is 6.29 Å². The van der Waals surface area contributed by atoms with Crippen LogP contribution < -0.4 is 0 Å². The Morgan fingerprint density at radius 2 is 1.19 bits per heavy atom. The Labute approximate surface area is 321 Å². The molecule has 0 amide bonds. The summed E-state index contributed by atoms with van der Waals surface area (Å²) in [5.74, 6) is -0.401. The van der Waals surface area contributed by atoms with Crippen molar-refractivity contribution in [3.63, 3.8) is 0 Å².